The third-order valence-electron chi connectivity index (χ3n) is 3.60. The van der Waals surface area contributed by atoms with Crippen LogP contribution in [-0.4, -0.2) is 5.11 Å². The average Bonchev–Trinajstić information content (AvgIpc) is 2.66. The van der Waals surface area contributed by atoms with Gasteiger partial charge >= 0.3 is 0 Å². The van der Waals surface area contributed by atoms with Crippen LogP contribution in [0.5, 0.6) is 0 Å². The maximum Gasteiger partial charge on any atom is 0.109 e. The summed E-state index contributed by atoms with van der Waals surface area (Å²) in [6.45, 7) is 4.24. The van der Waals surface area contributed by atoms with Crippen LogP contribution in [-0.2, 0) is 12.0 Å². The van der Waals surface area contributed by atoms with Gasteiger partial charge in [0.05, 0.1) is 11.9 Å². The number of hydrogen-bond donors (Lipinski definition) is 1. The van der Waals surface area contributed by atoms with E-state index >= 15 is 0 Å². The van der Waals surface area contributed by atoms with Crippen molar-refractivity contribution in [2.45, 2.75) is 45.1 Å². The molecule has 0 aliphatic heterocycles. The summed E-state index contributed by atoms with van der Waals surface area (Å²) in [4.78, 5) is 0. The van der Waals surface area contributed by atoms with Gasteiger partial charge in [-0.15, -0.1) is 0 Å². The number of aryl methyl sites for hydroxylation is 1. The highest BCUT2D eigenvalue weighted by Crippen LogP contribution is 2.42. The van der Waals surface area contributed by atoms with Crippen LogP contribution in [0.1, 0.15) is 44.4 Å². The molecule has 1 aromatic heterocycles. The van der Waals surface area contributed by atoms with Crippen LogP contribution in [0.15, 0.2) is 16.7 Å². The minimum Gasteiger partial charge on any atom is -0.469 e. The lowest BCUT2D eigenvalue weighted by atomic mass is 9.74. The van der Waals surface area contributed by atoms with Gasteiger partial charge in [-0.3, -0.25) is 0 Å². The molecule has 0 saturated heterocycles. The fourth-order valence-corrected chi connectivity index (χ4v) is 2.42. The van der Waals surface area contributed by atoms with E-state index in [0.717, 1.165) is 37.0 Å². The van der Waals surface area contributed by atoms with E-state index in [1.165, 1.54) is 0 Å². The van der Waals surface area contributed by atoms with E-state index in [4.69, 9.17) is 4.42 Å². The Hall–Kier alpha value is -0.760. The predicted octanol–water partition coefficient (Wildman–Crippen LogP) is 2.85. The van der Waals surface area contributed by atoms with Crippen molar-refractivity contribution < 1.29 is 9.52 Å². The number of aliphatic hydroxyl groups is 1. The Bertz CT molecular complexity index is 316. The maximum atomic E-state index is 10.6. The lowest BCUT2D eigenvalue weighted by Crippen LogP contribution is -2.36. The van der Waals surface area contributed by atoms with Gasteiger partial charge in [0.1, 0.15) is 5.76 Å². The van der Waals surface area contributed by atoms with E-state index in [0.29, 0.717) is 5.92 Å². The quantitative estimate of drug-likeness (QED) is 0.785. The van der Waals surface area contributed by atoms with Gasteiger partial charge in [0, 0.05) is 12.0 Å². The molecule has 0 fully saturated rings. The van der Waals surface area contributed by atoms with Crippen LogP contribution in [0.4, 0.5) is 0 Å². The topological polar surface area (TPSA) is 33.4 Å². The Morgan fingerprint density at radius 1 is 1.64 bits per heavy atom. The van der Waals surface area contributed by atoms with Crippen molar-refractivity contribution in [3.05, 3.63) is 23.7 Å². The summed E-state index contributed by atoms with van der Waals surface area (Å²) in [5.74, 6) is 1.29. The second kappa shape index (κ2) is 3.43. The lowest BCUT2D eigenvalue weighted by Gasteiger charge is -2.36. The smallest absolute Gasteiger partial charge is 0.109 e. The Labute approximate surface area is 84.9 Å². The second-order valence-electron chi connectivity index (χ2n) is 4.34. The van der Waals surface area contributed by atoms with Gasteiger partial charge in [-0.2, -0.15) is 0 Å². The second-order valence-corrected chi connectivity index (χ2v) is 4.34. The van der Waals surface area contributed by atoms with Gasteiger partial charge < -0.3 is 9.52 Å². The van der Waals surface area contributed by atoms with Crippen LogP contribution in [0.3, 0.4) is 0 Å². The Morgan fingerprint density at radius 3 is 3.14 bits per heavy atom. The minimum atomic E-state index is -0.644. The van der Waals surface area contributed by atoms with Crippen molar-refractivity contribution >= 4 is 0 Å². The Morgan fingerprint density at radius 2 is 2.43 bits per heavy atom. The summed E-state index contributed by atoms with van der Waals surface area (Å²) in [6, 6.07) is 1.93. The zero-order valence-electron chi connectivity index (χ0n) is 8.92. The fraction of sp³-hybridized carbons (Fsp3) is 0.667. The van der Waals surface area contributed by atoms with E-state index < -0.39 is 5.60 Å². The molecule has 1 aromatic rings. The van der Waals surface area contributed by atoms with Gasteiger partial charge in [0.15, 0.2) is 0 Å². The van der Waals surface area contributed by atoms with Crippen molar-refractivity contribution in [1.82, 2.24) is 0 Å². The van der Waals surface area contributed by atoms with E-state index in [1.807, 2.05) is 6.07 Å². The largest absolute Gasteiger partial charge is 0.469 e. The fourth-order valence-electron chi connectivity index (χ4n) is 2.42. The summed E-state index contributed by atoms with van der Waals surface area (Å²) in [7, 11) is 0. The molecule has 2 atom stereocenters. The SMILES string of the molecule is CCC(C)C1(O)CCCc2occc21. The summed E-state index contributed by atoms with van der Waals surface area (Å²) < 4.78 is 5.39. The molecular weight excluding hydrogens is 176 g/mol. The van der Waals surface area contributed by atoms with Crippen molar-refractivity contribution in [1.29, 1.82) is 0 Å². The summed E-state index contributed by atoms with van der Waals surface area (Å²) >= 11 is 0. The molecule has 0 amide bonds. The van der Waals surface area contributed by atoms with Gasteiger partial charge in [0.25, 0.3) is 0 Å². The van der Waals surface area contributed by atoms with Crippen LogP contribution in [0, 0.1) is 5.92 Å². The van der Waals surface area contributed by atoms with Gasteiger partial charge in [-0.25, -0.2) is 0 Å². The molecule has 78 valence electrons. The third-order valence-corrected chi connectivity index (χ3v) is 3.60. The van der Waals surface area contributed by atoms with E-state index in [9.17, 15) is 5.11 Å². The number of rotatable bonds is 2. The molecule has 0 radical (unpaired) electrons. The number of hydrogen-bond acceptors (Lipinski definition) is 2. The summed E-state index contributed by atoms with van der Waals surface area (Å²) in [5.41, 5.74) is 0.383. The molecule has 0 saturated carbocycles. The molecule has 1 N–H and O–H groups in total. The molecule has 0 bridgehead atoms. The van der Waals surface area contributed by atoms with Gasteiger partial charge in [0.2, 0.25) is 0 Å². The highest BCUT2D eigenvalue weighted by atomic mass is 16.3. The summed E-state index contributed by atoms with van der Waals surface area (Å²) in [5, 5.41) is 10.6. The highest BCUT2D eigenvalue weighted by Gasteiger charge is 2.39. The first-order valence-corrected chi connectivity index (χ1v) is 5.47. The number of fused-ring (bicyclic) bond motifs is 1. The Balaban J connectivity index is 2.39. The molecule has 1 aliphatic rings. The number of furan rings is 1. The first kappa shape index (κ1) is 9.78. The molecular formula is C12H18O2. The zero-order chi connectivity index (χ0) is 10.2. The van der Waals surface area contributed by atoms with E-state index in [2.05, 4.69) is 13.8 Å². The monoisotopic (exact) mass is 194 g/mol. The molecule has 2 unspecified atom stereocenters. The molecule has 14 heavy (non-hydrogen) atoms. The normalized spacial score (nSPS) is 28.5. The van der Waals surface area contributed by atoms with Crippen molar-refractivity contribution in [2.75, 3.05) is 0 Å². The van der Waals surface area contributed by atoms with Crippen LogP contribution in [0.25, 0.3) is 0 Å². The lowest BCUT2D eigenvalue weighted by molar-refractivity contribution is -0.0357. The van der Waals surface area contributed by atoms with Gasteiger partial charge in [-0.1, -0.05) is 20.3 Å². The minimum absolute atomic E-state index is 0.305. The Kier molecular flexibility index (Phi) is 2.40. The molecule has 2 heteroatoms. The van der Waals surface area contributed by atoms with E-state index in [1.54, 1.807) is 6.26 Å². The molecule has 2 nitrogen and oxygen atoms in total. The molecule has 1 aliphatic carbocycles. The van der Waals surface area contributed by atoms with Crippen LogP contribution < -0.4 is 0 Å². The maximum absolute atomic E-state index is 10.6. The van der Waals surface area contributed by atoms with Crippen molar-refractivity contribution in [3.63, 3.8) is 0 Å². The molecule has 0 spiro atoms. The standard InChI is InChI=1S/C12H18O2/c1-3-9(2)12(13)7-4-5-11-10(12)6-8-14-11/h6,8-9,13H,3-5,7H2,1-2H3. The van der Waals surface area contributed by atoms with Gasteiger partial charge in [-0.05, 0) is 24.8 Å². The predicted molar refractivity (Wildman–Crippen MR) is 55.0 cm³/mol. The van der Waals surface area contributed by atoms with E-state index in [-0.39, 0.29) is 0 Å². The average molecular weight is 194 g/mol. The van der Waals surface area contributed by atoms with Crippen LogP contribution in [0.2, 0.25) is 0 Å². The molecule has 1 heterocycles. The zero-order valence-corrected chi connectivity index (χ0v) is 8.92. The third kappa shape index (κ3) is 1.29. The molecule has 2 rings (SSSR count). The van der Waals surface area contributed by atoms with Crippen molar-refractivity contribution in [2.24, 2.45) is 5.92 Å². The first-order valence-electron chi connectivity index (χ1n) is 5.47. The van der Waals surface area contributed by atoms with Crippen LogP contribution >= 0.6 is 0 Å². The van der Waals surface area contributed by atoms with Crippen molar-refractivity contribution in [3.8, 4) is 0 Å². The highest BCUT2D eigenvalue weighted by molar-refractivity contribution is 5.28. The summed E-state index contributed by atoms with van der Waals surface area (Å²) in [6.07, 6.45) is 5.57. The first-order chi connectivity index (χ1) is 6.68. The molecule has 0 aromatic carbocycles.